The Bertz CT molecular complexity index is 800. The molecule has 3 rings (SSSR count). The van der Waals surface area contributed by atoms with Crippen molar-refractivity contribution in [1.82, 2.24) is 4.72 Å². The zero-order chi connectivity index (χ0) is 15.7. The average molecular weight is 333 g/mol. The van der Waals surface area contributed by atoms with Crippen LogP contribution in [0, 0.1) is 13.8 Å². The molecule has 1 heterocycles. The smallest absolute Gasteiger partial charge is 0.207 e. The molecule has 0 saturated carbocycles. The van der Waals surface area contributed by atoms with Gasteiger partial charge in [0.25, 0.3) is 0 Å². The molecular weight excluding hydrogens is 314 g/mol. The number of benzene rings is 2. The van der Waals surface area contributed by atoms with Crippen molar-refractivity contribution in [3.8, 4) is 0 Å². The second kappa shape index (κ2) is 6.07. The number of hydrogen-bond acceptors (Lipinski definition) is 3. The third-order valence-electron chi connectivity index (χ3n) is 4.04. The number of sulfonamides is 1. The van der Waals surface area contributed by atoms with Crippen LogP contribution in [0.15, 0.2) is 52.3 Å². The van der Waals surface area contributed by atoms with E-state index < -0.39 is 10.0 Å². The van der Waals surface area contributed by atoms with Gasteiger partial charge in [-0.05, 0) is 60.9 Å². The molecule has 0 aromatic heterocycles. The van der Waals surface area contributed by atoms with E-state index in [9.17, 15) is 8.42 Å². The van der Waals surface area contributed by atoms with Gasteiger partial charge in [0.15, 0.2) is 0 Å². The molecule has 0 spiro atoms. The maximum Gasteiger partial charge on any atom is 0.241 e. The van der Waals surface area contributed by atoms with Gasteiger partial charge < -0.3 is 0 Å². The van der Waals surface area contributed by atoms with Gasteiger partial charge in [0.05, 0.1) is 4.90 Å². The number of nitrogens with one attached hydrogen (secondary N) is 1. The molecule has 22 heavy (non-hydrogen) atoms. The van der Waals surface area contributed by atoms with Crippen LogP contribution in [0.4, 0.5) is 0 Å². The zero-order valence-electron chi connectivity index (χ0n) is 12.7. The molecular formula is C17H19NO2S2. The first-order valence-corrected chi connectivity index (χ1v) is 9.75. The van der Waals surface area contributed by atoms with E-state index in [1.165, 1.54) is 4.90 Å². The van der Waals surface area contributed by atoms with Crippen LogP contribution < -0.4 is 4.72 Å². The van der Waals surface area contributed by atoms with Gasteiger partial charge in [-0.3, -0.25) is 0 Å². The molecule has 116 valence electrons. The minimum absolute atomic E-state index is 0.149. The first-order chi connectivity index (χ1) is 10.5. The summed E-state index contributed by atoms with van der Waals surface area (Å²) in [6.45, 7) is 3.91. The maximum atomic E-state index is 12.7. The maximum absolute atomic E-state index is 12.7. The summed E-state index contributed by atoms with van der Waals surface area (Å²) in [6, 6.07) is 13.1. The Balaban J connectivity index is 1.91. The molecule has 2 aromatic carbocycles. The number of rotatable bonds is 3. The highest BCUT2D eigenvalue weighted by molar-refractivity contribution is 7.99. The van der Waals surface area contributed by atoms with Crippen LogP contribution in [-0.2, 0) is 10.0 Å². The minimum atomic E-state index is -3.50. The van der Waals surface area contributed by atoms with E-state index in [-0.39, 0.29) is 6.04 Å². The number of hydrogen-bond donors (Lipinski definition) is 1. The molecule has 0 saturated heterocycles. The van der Waals surface area contributed by atoms with Gasteiger partial charge in [-0.15, -0.1) is 11.8 Å². The largest absolute Gasteiger partial charge is 0.241 e. The predicted molar refractivity (Wildman–Crippen MR) is 90.8 cm³/mol. The molecule has 0 radical (unpaired) electrons. The van der Waals surface area contributed by atoms with E-state index in [1.807, 2.05) is 38.1 Å². The van der Waals surface area contributed by atoms with Crippen molar-refractivity contribution < 1.29 is 8.42 Å². The van der Waals surface area contributed by atoms with Crippen molar-refractivity contribution in [3.05, 3.63) is 59.2 Å². The molecule has 1 aliphatic heterocycles. The molecule has 0 bridgehead atoms. The van der Waals surface area contributed by atoms with Crippen molar-refractivity contribution in [3.63, 3.8) is 0 Å². The molecule has 1 N–H and O–H groups in total. The van der Waals surface area contributed by atoms with Crippen molar-refractivity contribution in [2.24, 2.45) is 0 Å². The summed E-state index contributed by atoms with van der Waals surface area (Å²) in [5.41, 5.74) is 3.16. The summed E-state index contributed by atoms with van der Waals surface area (Å²) in [6.07, 6.45) is 0.811. The summed E-state index contributed by atoms with van der Waals surface area (Å²) >= 11 is 1.78. The Hall–Kier alpha value is -1.30. The Morgan fingerprint density at radius 3 is 2.64 bits per heavy atom. The molecule has 5 heteroatoms. The summed E-state index contributed by atoms with van der Waals surface area (Å²) < 4.78 is 28.2. The van der Waals surface area contributed by atoms with Gasteiger partial charge in [0.2, 0.25) is 10.0 Å². The minimum Gasteiger partial charge on any atom is -0.207 e. The molecule has 2 aromatic rings. The summed E-state index contributed by atoms with van der Waals surface area (Å²) in [4.78, 5) is 1.51. The number of aryl methyl sites for hydroxylation is 2. The number of fused-ring (bicyclic) bond motifs is 1. The molecule has 0 amide bonds. The van der Waals surface area contributed by atoms with E-state index in [0.717, 1.165) is 28.9 Å². The van der Waals surface area contributed by atoms with Crippen LogP contribution >= 0.6 is 11.8 Å². The van der Waals surface area contributed by atoms with Crippen molar-refractivity contribution in [2.45, 2.75) is 36.1 Å². The molecule has 1 aliphatic rings. The van der Waals surface area contributed by atoms with Gasteiger partial charge >= 0.3 is 0 Å². The molecule has 3 nitrogen and oxygen atoms in total. The fourth-order valence-corrected chi connectivity index (χ4v) is 5.06. The van der Waals surface area contributed by atoms with Gasteiger partial charge in [-0.25, -0.2) is 13.1 Å². The summed E-state index contributed by atoms with van der Waals surface area (Å²) in [5.74, 6) is 0.928. The van der Waals surface area contributed by atoms with Crippen LogP contribution in [0.5, 0.6) is 0 Å². The Morgan fingerprint density at radius 1 is 1.09 bits per heavy atom. The third kappa shape index (κ3) is 3.07. The fraction of sp³-hybridized carbons (Fsp3) is 0.294. The Labute approximate surface area is 136 Å². The van der Waals surface area contributed by atoms with Gasteiger partial charge in [-0.2, -0.15) is 0 Å². The van der Waals surface area contributed by atoms with E-state index in [1.54, 1.807) is 23.9 Å². The van der Waals surface area contributed by atoms with Gasteiger partial charge in [-0.1, -0.05) is 24.3 Å². The van der Waals surface area contributed by atoms with Crippen LogP contribution in [-0.4, -0.2) is 14.2 Å². The quantitative estimate of drug-likeness (QED) is 0.929. The standard InChI is InChI=1S/C17H19NO2S2/c1-12-7-8-14(11-13(12)2)22(19,20)18-16-9-10-21-17-6-4-3-5-15(16)17/h3-8,11,16,18H,9-10H2,1-2H3/t16-/m1/s1. The lowest BCUT2D eigenvalue weighted by Crippen LogP contribution is -2.30. The predicted octanol–water partition coefficient (Wildman–Crippen LogP) is 3.82. The summed E-state index contributed by atoms with van der Waals surface area (Å²) in [5, 5.41) is 0. The first kappa shape index (κ1) is 15.6. The lowest BCUT2D eigenvalue weighted by molar-refractivity contribution is 0.546. The second-order valence-corrected chi connectivity index (χ2v) is 8.45. The normalized spacial score (nSPS) is 18.0. The topological polar surface area (TPSA) is 46.2 Å². The van der Waals surface area contributed by atoms with E-state index in [4.69, 9.17) is 0 Å². The van der Waals surface area contributed by atoms with E-state index in [2.05, 4.69) is 10.8 Å². The monoisotopic (exact) mass is 333 g/mol. The second-order valence-electron chi connectivity index (χ2n) is 5.59. The molecule has 0 aliphatic carbocycles. The SMILES string of the molecule is Cc1ccc(S(=O)(=O)N[C@@H]2CCSc3ccccc32)cc1C. The van der Waals surface area contributed by atoms with Crippen LogP contribution in [0.25, 0.3) is 0 Å². The highest BCUT2D eigenvalue weighted by Gasteiger charge is 2.26. The van der Waals surface area contributed by atoms with Crippen LogP contribution in [0.2, 0.25) is 0 Å². The Morgan fingerprint density at radius 2 is 1.86 bits per heavy atom. The molecule has 0 unspecified atom stereocenters. The highest BCUT2D eigenvalue weighted by Crippen LogP contribution is 2.36. The Kier molecular flexibility index (Phi) is 4.30. The van der Waals surface area contributed by atoms with Gasteiger partial charge in [0, 0.05) is 10.9 Å². The molecule has 0 fully saturated rings. The number of thioether (sulfide) groups is 1. The van der Waals surface area contributed by atoms with Gasteiger partial charge in [0.1, 0.15) is 0 Å². The third-order valence-corrected chi connectivity index (χ3v) is 6.64. The van der Waals surface area contributed by atoms with E-state index in [0.29, 0.717) is 4.90 Å². The highest BCUT2D eigenvalue weighted by atomic mass is 32.2. The molecule has 1 atom stereocenters. The summed E-state index contributed by atoms with van der Waals surface area (Å²) in [7, 11) is -3.50. The van der Waals surface area contributed by atoms with Crippen molar-refractivity contribution >= 4 is 21.8 Å². The van der Waals surface area contributed by atoms with Crippen LogP contribution in [0.3, 0.4) is 0 Å². The average Bonchev–Trinajstić information content (AvgIpc) is 2.50. The van der Waals surface area contributed by atoms with E-state index >= 15 is 0 Å². The van der Waals surface area contributed by atoms with Crippen molar-refractivity contribution in [1.29, 1.82) is 0 Å². The van der Waals surface area contributed by atoms with Crippen molar-refractivity contribution in [2.75, 3.05) is 5.75 Å². The first-order valence-electron chi connectivity index (χ1n) is 7.29. The lowest BCUT2D eigenvalue weighted by atomic mass is 10.1. The fourth-order valence-electron chi connectivity index (χ4n) is 2.60. The lowest BCUT2D eigenvalue weighted by Gasteiger charge is -2.25. The van der Waals surface area contributed by atoms with Crippen LogP contribution in [0.1, 0.15) is 29.2 Å². The zero-order valence-corrected chi connectivity index (χ0v) is 14.3.